The summed E-state index contributed by atoms with van der Waals surface area (Å²) in [6.07, 6.45) is -0.0651. The first-order chi connectivity index (χ1) is 9.25. The van der Waals surface area contributed by atoms with Crippen LogP contribution in [0, 0.1) is 5.82 Å². The molecule has 0 aliphatic rings. The van der Waals surface area contributed by atoms with Gasteiger partial charge in [0.25, 0.3) is 5.91 Å². The van der Waals surface area contributed by atoms with Crippen LogP contribution in [0.5, 0.6) is 5.75 Å². The summed E-state index contributed by atoms with van der Waals surface area (Å²) in [7, 11) is 0. The van der Waals surface area contributed by atoms with Crippen molar-refractivity contribution >= 4 is 5.91 Å². The molecule has 0 fully saturated rings. The molecule has 4 nitrogen and oxygen atoms in total. The van der Waals surface area contributed by atoms with Gasteiger partial charge in [-0.05, 0) is 45.4 Å². The molecule has 1 amide bonds. The van der Waals surface area contributed by atoms with Gasteiger partial charge in [0, 0.05) is 11.1 Å². The average Bonchev–Trinajstić information content (AvgIpc) is 2.36. The second kappa shape index (κ2) is 6.70. The minimum absolute atomic E-state index is 0.172. The number of carbonyl (C=O) groups excluding carboxylic acids is 1. The first-order valence-electron chi connectivity index (χ1n) is 6.66. The van der Waals surface area contributed by atoms with Gasteiger partial charge in [0.1, 0.15) is 11.6 Å². The Kier molecular flexibility index (Phi) is 5.51. The van der Waals surface area contributed by atoms with Crippen LogP contribution in [-0.2, 0) is 4.79 Å². The van der Waals surface area contributed by atoms with Crippen molar-refractivity contribution in [3.8, 4) is 5.75 Å². The Morgan fingerprint density at radius 2 is 2.15 bits per heavy atom. The van der Waals surface area contributed by atoms with E-state index in [1.54, 1.807) is 0 Å². The maximum atomic E-state index is 13.1. The Morgan fingerprint density at radius 1 is 1.50 bits per heavy atom. The Balaban J connectivity index is 2.68. The monoisotopic (exact) mass is 283 g/mol. The zero-order valence-corrected chi connectivity index (χ0v) is 12.4. The van der Waals surface area contributed by atoms with E-state index in [4.69, 9.17) is 4.74 Å². The van der Waals surface area contributed by atoms with Crippen LogP contribution in [0.25, 0.3) is 0 Å². The fourth-order valence-electron chi connectivity index (χ4n) is 1.62. The summed E-state index contributed by atoms with van der Waals surface area (Å²) in [5.41, 5.74) is 0.0311. The lowest BCUT2D eigenvalue weighted by Crippen LogP contribution is -2.44. The van der Waals surface area contributed by atoms with Crippen LogP contribution >= 0.6 is 0 Å². The molecule has 1 aromatic carbocycles. The lowest BCUT2D eigenvalue weighted by Gasteiger charge is -2.24. The molecule has 20 heavy (non-hydrogen) atoms. The predicted octanol–water partition coefficient (Wildman–Crippen LogP) is 2.56. The third-order valence-electron chi connectivity index (χ3n) is 3.14. The Bertz CT molecular complexity index is 472. The second-order valence-corrected chi connectivity index (χ2v) is 5.43. The number of aliphatic hydroxyl groups excluding tert-OH is 1. The quantitative estimate of drug-likeness (QED) is 0.843. The smallest absolute Gasteiger partial charge is 0.258 e. The van der Waals surface area contributed by atoms with Gasteiger partial charge in [-0.2, -0.15) is 0 Å². The van der Waals surface area contributed by atoms with Gasteiger partial charge in [0.2, 0.25) is 0 Å². The van der Waals surface area contributed by atoms with Gasteiger partial charge >= 0.3 is 0 Å². The largest absolute Gasteiger partial charge is 0.483 e. The van der Waals surface area contributed by atoms with Crippen LogP contribution in [0.4, 0.5) is 4.39 Å². The van der Waals surface area contributed by atoms with E-state index >= 15 is 0 Å². The Morgan fingerprint density at radius 3 is 2.70 bits per heavy atom. The van der Waals surface area contributed by atoms with E-state index < -0.39 is 11.9 Å². The van der Waals surface area contributed by atoms with E-state index in [0.29, 0.717) is 11.3 Å². The van der Waals surface area contributed by atoms with Crippen molar-refractivity contribution in [2.75, 3.05) is 6.61 Å². The van der Waals surface area contributed by atoms with Crippen molar-refractivity contribution in [2.45, 2.75) is 45.8 Å². The highest BCUT2D eigenvalue weighted by atomic mass is 19.1. The van der Waals surface area contributed by atoms with Gasteiger partial charge < -0.3 is 15.2 Å². The van der Waals surface area contributed by atoms with Crippen molar-refractivity contribution in [2.24, 2.45) is 0 Å². The number of nitrogens with one attached hydrogen (secondary N) is 1. The maximum absolute atomic E-state index is 13.1. The van der Waals surface area contributed by atoms with Crippen molar-refractivity contribution in [1.29, 1.82) is 0 Å². The number of ether oxygens (including phenoxy) is 1. The molecule has 0 spiro atoms. The number of aliphatic hydroxyl groups is 1. The maximum Gasteiger partial charge on any atom is 0.258 e. The molecule has 0 saturated carbocycles. The zero-order chi connectivity index (χ0) is 15.3. The molecule has 0 radical (unpaired) electrons. The van der Waals surface area contributed by atoms with Gasteiger partial charge in [0.15, 0.2) is 6.61 Å². The number of amides is 1. The standard InChI is InChI=1S/C15H22FNO3/c1-5-15(3,4)17-14(19)9-20-13-7-6-11(16)8-12(13)10(2)18/h6-8,10,18H,5,9H2,1-4H3,(H,17,19)/t10-/m1/s1. The minimum atomic E-state index is -0.865. The second-order valence-electron chi connectivity index (χ2n) is 5.43. The number of carbonyl (C=O) groups is 1. The zero-order valence-electron chi connectivity index (χ0n) is 12.4. The van der Waals surface area contributed by atoms with E-state index in [9.17, 15) is 14.3 Å². The Hall–Kier alpha value is -1.62. The molecular formula is C15H22FNO3. The lowest BCUT2D eigenvalue weighted by molar-refractivity contribution is -0.124. The third kappa shape index (κ3) is 4.81. The molecule has 1 rings (SSSR count). The average molecular weight is 283 g/mol. The van der Waals surface area contributed by atoms with Gasteiger partial charge in [-0.15, -0.1) is 0 Å². The van der Waals surface area contributed by atoms with E-state index in [1.807, 2.05) is 20.8 Å². The first kappa shape index (κ1) is 16.4. The lowest BCUT2D eigenvalue weighted by atomic mass is 10.0. The predicted molar refractivity (Wildman–Crippen MR) is 75.0 cm³/mol. The van der Waals surface area contributed by atoms with Crippen molar-refractivity contribution < 1.29 is 19.0 Å². The molecule has 0 heterocycles. The van der Waals surface area contributed by atoms with Crippen LogP contribution < -0.4 is 10.1 Å². The summed E-state index contributed by atoms with van der Waals surface area (Å²) in [5, 5.41) is 12.4. The van der Waals surface area contributed by atoms with Gasteiger partial charge in [-0.3, -0.25) is 4.79 Å². The summed E-state index contributed by atoms with van der Waals surface area (Å²) < 4.78 is 18.5. The molecule has 112 valence electrons. The SMILES string of the molecule is CCC(C)(C)NC(=O)COc1ccc(F)cc1[C@@H](C)O. The fourth-order valence-corrected chi connectivity index (χ4v) is 1.62. The van der Waals surface area contributed by atoms with Crippen LogP contribution in [0.15, 0.2) is 18.2 Å². The van der Waals surface area contributed by atoms with Crippen LogP contribution in [-0.4, -0.2) is 23.2 Å². The topological polar surface area (TPSA) is 58.6 Å². The van der Waals surface area contributed by atoms with E-state index in [0.717, 1.165) is 6.42 Å². The molecule has 0 aliphatic heterocycles. The number of rotatable bonds is 6. The minimum Gasteiger partial charge on any atom is -0.483 e. The summed E-state index contributed by atoms with van der Waals surface area (Å²) in [6.45, 7) is 7.16. The van der Waals surface area contributed by atoms with Crippen molar-refractivity contribution in [1.82, 2.24) is 5.32 Å². The normalized spacial score (nSPS) is 12.9. The molecule has 0 aromatic heterocycles. The van der Waals surface area contributed by atoms with Crippen molar-refractivity contribution in [3.63, 3.8) is 0 Å². The molecule has 5 heteroatoms. The number of halogens is 1. The van der Waals surface area contributed by atoms with E-state index in [-0.39, 0.29) is 18.1 Å². The van der Waals surface area contributed by atoms with Crippen LogP contribution in [0.1, 0.15) is 45.8 Å². The highest BCUT2D eigenvalue weighted by molar-refractivity contribution is 5.78. The molecule has 1 atom stereocenters. The summed E-state index contributed by atoms with van der Waals surface area (Å²) in [6, 6.07) is 3.85. The number of hydrogen-bond acceptors (Lipinski definition) is 3. The molecule has 0 unspecified atom stereocenters. The summed E-state index contributed by atoms with van der Waals surface area (Å²) >= 11 is 0. The van der Waals surface area contributed by atoms with Crippen molar-refractivity contribution in [3.05, 3.63) is 29.6 Å². The van der Waals surface area contributed by atoms with Crippen LogP contribution in [0.2, 0.25) is 0 Å². The molecule has 2 N–H and O–H groups in total. The highest BCUT2D eigenvalue weighted by Gasteiger charge is 2.18. The molecule has 0 saturated heterocycles. The number of benzene rings is 1. The fraction of sp³-hybridized carbons (Fsp3) is 0.533. The van der Waals surface area contributed by atoms with E-state index in [1.165, 1.54) is 25.1 Å². The molecular weight excluding hydrogens is 261 g/mol. The van der Waals surface area contributed by atoms with Gasteiger partial charge in [-0.1, -0.05) is 6.92 Å². The highest BCUT2D eigenvalue weighted by Crippen LogP contribution is 2.25. The number of hydrogen-bond donors (Lipinski definition) is 2. The van der Waals surface area contributed by atoms with E-state index in [2.05, 4.69) is 5.32 Å². The summed E-state index contributed by atoms with van der Waals surface area (Å²) in [5.74, 6) is -0.395. The third-order valence-corrected chi connectivity index (χ3v) is 3.14. The van der Waals surface area contributed by atoms with Crippen LogP contribution in [0.3, 0.4) is 0 Å². The Labute approximate surface area is 119 Å². The first-order valence-corrected chi connectivity index (χ1v) is 6.66. The molecule has 0 bridgehead atoms. The molecule has 0 aliphatic carbocycles. The summed E-state index contributed by atoms with van der Waals surface area (Å²) in [4.78, 5) is 11.8. The molecule has 1 aromatic rings. The van der Waals surface area contributed by atoms with Gasteiger partial charge in [-0.25, -0.2) is 4.39 Å². The van der Waals surface area contributed by atoms with Gasteiger partial charge in [0.05, 0.1) is 6.10 Å².